The minimum atomic E-state index is 1.17. The Hall–Kier alpha value is -2.34. The Labute approximate surface area is 165 Å². The van der Waals surface area contributed by atoms with Gasteiger partial charge in [-0.2, -0.15) is 0 Å². The lowest BCUT2D eigenvalue weighted by Gasteiger charge is -2.14. The molecule has 0 N–H and O–H groups in total. The average Bonchev–Trinajstić information content (AvgIpc) is 2.74. The second kappa shape index (κ2) is 10.7. The van der Waals surface area contributed by atoms with Crippen LogP contribution in [0.1, 0.15) is 57.4 Å². The molecule has 0 amide bonds. The summed E-state index contributed by atoms with van der Waals surface area (Å²) in [5, 5.41) is 0. The molecule has 0 unspecified atom stereocenters. The van der Waals surface area contributed by atoms with Crippen LogP contribution in [0.15, 0.2) is 78.9 Å². The number of unbranched alkanes of at least 4 members (excludes halogenated alkanes) is 6. The minimum absolute atomic E-state index is 1.17. The van der Waals surface area contributed by atoms with Crippen molar-refractivity contribution in [2.45, 2.75) is 58.3 Å². The summed E-state index contributed by atoms with van der Waals surface area (Å²) in [6, 6.07) is 28.5. The van der Waals surface area contributed by atoms with Gasteiger partial charge in [-0.3, -0.25) is 0 Å². The standard InChI is InChI=1S/C27H32/c1-2-3-4-5-6-7-9-16-24-19-12-13-20-25(24)27-22-15-14-21-26(27)23-17-10-8-11-18-23/h8,10-15,17-22H,2-7,9,16H2,1H3. The number of hydrogen-bond donors (Lipinski definition) is 0. The van der Waals surface area contributed by atoms with Crippen LogP contribution in [-0.4, -0.2) is 0 Å². The van der Waals surface area contributed by atoms with E-state index in [2.05, 4.69) is 85.8 Å². The van der Waals surface area contributed by atoms with Gasteiger partial charge in [-0.25, -0.2) is 0 Å². The fourth-order valence-corrected chi connectivity index (χ4v) is 3.86. The van der Waals surface area contributed by atoms with E-state index in [1.54, 1.807) is 0 Å². The van der Waals surface area contributed by atoms with Crippen LogP contribution in [0, 0.1) is 0 Å². The van der Waals surface area contributed by atoms with E-state index in [-0.39, 0.29) is 0 Å². The van der Waals surface area contributed by atoms with Crippen LogP contribution in [0.25, 0.3) is 22.3 Å². The second-order valence-corrected chi connectivity index (χ2v) is 7.44. The SMILES string of the molecule is CCCCCCCCCc1ccccc1-c1ccccc1-c1ccccc1. The molecule has 0 atom stereocenters. The molecule has 0 aliphatic heterocycles. The number of rotatable bonds is 10. The van der Waals surface area contributed by atoms with Gasteiger partial charge in [0, 0.05) is 0 Å². The van der Waals surface area contributed by atoms with E-state index in [9.17, 15) is 0 Å². The predicted molar refractivity (Wildman–Crippen MR) is 119 cm³/mol. The fourth-order valence-electron chi connectivity index (χ4n) is 3.86. The maximum absolute atomic E-state index is 2.31. The Kier molecular flexibility index (Phi) is 7.71. The van der Waals surface area contributed by atoms with Gasteiger partial charge in [0.05, 0.1) is 0 Å². The summed E-state index contributed by atoms with van der Waals surface area (Å²) < 4.78 is 0. The van der Waals surface area contributed by atoms with Crippen molar-refractivity contribution in [3.8, 4) is 22.3 Å². The highest BCUT2D eigenvalue weighted by molar-refractivity contribution is 5.84. The molecule has 27 heavy (non-hydrogen) atoms. The molecule has 0 aliphatic rings. The van der Waals surface area contributed by atoms with Gasteiger partial charge in [-0.1, -0.05) is 124 Å². The third kappa shape index (κ3) is 5.57. The summed E-state index contributed by atoms with van der Waals surface area (Å²) in [7, 11) is 0. The van der Waals surface area contributed by atoms with Crippen molar-refractivity contribution in [3.05, 3.63) is 84.4 Å². The van der Waals surface area contributed by atoms with Gasteiger partial charge < -0.3 is 0 Å². The van der Waals surface area contributed by atoms with E-state index in [1.807, 2.05) is 0 Å². The molecule has 0 aliphatic carbocycles. The normalized spacial score (nSPS) is 10.9. The zero-order valence-electron chi connectivity index (χ0n) is 16.7. The Morgan fingerprint density at radius 1 is 0.481 bits per heavy atom. The molecule has 3 aromatic carbocycles. The summed E-state index contributed by atoms with van der Waals surface area (Å²) >= 11 is 0. The van der Waals surface area contributed by atoms with Gasteiger partial charge in [0.2, 0.25) is 0 Å². The molecule has 0 nitrogen and oxygen atoms in total. The monoisotopic (exact) mass is 356 g/mol. The van der Waals surface area contributed by atoms with Gasteiger partial charge >= 0.3 is 0 Å². The van der Waals surface area contributed by atoms with Crippen LogP contribution in [0.5, 0.6) is 0 Å². The van der Waals surface area contributed by atoms with Crippen LogP contribution in [0.3, 0.4) is 0 Å². The summed E-state index contributed by atoms with van der Waals surface area (Å²) in [6.07, 6.45) is 10.7. The molecule has 0 saturated carbocycles. The molecular weight excluding hydrogens is 324 g/mol. The Bertz CT molecular complexity index is 801. The third-order valence-electron chi connectivity index (χ3n) is 5.37. The summed E-state index contributed by atoms with van der Waals surface area (Å²) in [4.78, 5) is 0. The largest absolute Gasteiger partial charge is 0.0654 e. The van der Waals surface area contributed by atoms with Crippen LogP contribution in [-0.2, 0) is 6.42 Å². The van der Waals surface area contributed by atoms with Crippen molar-refractivity contribution in [2.24, 2.45) is 0 Å². The molecule has 0 aromatic heterocycles. The number of aryl methyl sites for hydroxylation is 1. The van der Waals surface area contributed by atoms with Gasteiger partial charge in [0.15, 0.2) is 0 Å². The van der Waals surface area contributed by atoms with E-state index in [0.717, 1.165) is 0 Å². The highest BCUT2D eigenvalue weighted by Gasteiger charge is 2.10. The van der Waals surface area contributed by atoms with Gasteiger partial charge in [0.25, 0.3) is 0 Å². The molecular formula is C27H32. The molecule has 3 rings (SSSR count). The lowest BCUT2D eigenvalue weighted by molar-refractivity contribution is 0.589. The van der Waals surface area contributed by atoms with Crippen molar-refractivity contribution in [3.63, 3.8) is 0 Å². The molecule has 0 saturated heterocycles. The van der Waals surface area contributed by atoms with Gasteiger partial charge in [0.1, 0.15) is 0 Å². The Morgan fingerprint density at radius 2 is 1.04 bits per heavy atom. The summed E-state index contributed by atoms with van der Waals surface area (Å²) in [5.41, 5.74) is 6.84. The van der Waals surface area contributed by atoms with E-state index < -0.39 is 0 Å². The zero-order valence-corrected chi connectivity index (χ0v) is 16.7. The Morgan fingerprint density at radius 3 is 1.78 bits per heavy atom. The molecule has 3 aromatic rings. The molecule has 0 spiro atoms. The van der Waals surface area contributed by atoms with Crippen LogP contribution in [0.4, 0.5) is 0 Å². The molecule has 0 bridgehead atoms. The number of benzene rings is 3. The molecule has 0 fully saturated rings. The molecule has 0 radical (unpaired) electrons. The lowest BCUT2D eigenvalue weighted by Crippen LogP contribution is -1.93. The van der Waals surface area contributed by atoms with Crippen molar-refractivity contribution >= 4 is 0 Å². The second-order valence-electron chi connectivity index (χ2n) is 7.44. The van der Waals surface area contributed by atoms with Crippen molar-refractivity contribution in [1.82, 2.24) is 0 Å². The smallest absolute Gasteiger partial charge is 0.0103 e. The first-order valence-corrected chi connectivity index (χ1v) is 10.6. The number of hydrogen-bond acceptors (Lipinski definition) is 0. The van der Waals surface area contributed by atoms with Crippen LogP contribution >= 0.6 is 0 Å². The van der Waals surface area contributed by atoms with E-state index >= 15 is 0 Å². The quantitative estimate of drug-likeness (QED) is 0.320. The fraction of sp³-hybridized carbons (Fsp3) is 0.333. The maximum Gasteiger partial charge on any atom is -0.0103 e. The molecule has 0 heterocycles. The predicted octanol–water partition coefficient (Wildman–Crippen LogP) is 8.31. The molecule has 0 heteroatoms. The lowest BCUT2D eigenvalue weighted by atomic mass is 9.90. The van der Waals surface area contributed by atoms with Crippen molar-refractivity contribution in [1.29, 1.82) is 0 Å². The topological polar surface area (TPSA) is 0 Å². The first kappa shape index (κ1) is 19.4. The Balaban J connectivity index is 1.73. The van der Waals surface area contributed by atoms with Crippen LogP contribution in [0.2, 0.25) is 0 Å². The first-order chi connectivity index (χ1) is 13.4. The van der Waals surface area contributed by atoms with Crippen molar-refractivity contribution in [2.75, 3.05) is 0 Å². The van der Waals surface area contributed by atoms with Gasteiger partial charge in [-0.15, -0.1) is 0 Å². The van der Waals surface area contributed by atoms with E-state index in [0.29, 0.717) is 0 Å². The minimum Gasteiger partial charge on any atom is -0.0654 e. The highest BCUT2D eigenvalue weighted by Crippen LogP contribution is 2.34. The van der Waals surface area contributed by atoms with Crippen LogP contribution < -0.4 is 0 Å². The zero-order chi connectivity index (χ0) is 18.7. The molecule has 140 valence electrons. The van der Waals surface area contributed by atoms with E-state index in [4.69, 9.17) is 0 Å². The maximum atomic E-state index is 2.31. The summed E-state index contributed by atoms with van der Waals surface area (Å²) in [5.74, 6) is 0. The highest BCUT2D eigenvalue weighted by atomic mass is 14.1. The van der Waals surface area contributed by atoms with E-state index in [1.165, 1.54) is 79.2 Å². The first-order valence-electron chi connectivity index (χ1n) is 10.6. The van der Waals surface area contributed by atoms with Crippen molar-refractivity contribution < 1.29 is 0 Å². The average molecular weight is 357 g/mol. The summed E-state index contributed by atoms with van der Waals surface area (Å²) in [6.45, 7) is 2.28. The third-order valence-corrected chi connectivity index (χ3v) is 5.37. The van der Waals surface area contributed by atoms with Gasteiger partial charge in [-0.05, 0) is 40.7 Å².